The summed E-state index contributed by atoms with van der Waals surface area (Å²) in [6.07, 6.45) is 5.27. The highest BCUT2D eigenvalue weighted by atomic mass is 16.5. The molecule has 0 aromatic carbocycles. The molecule has 0 atom stereocenters. The second-order valence-electron chi connectivity index (χ2n) is 6.34. The van der Waals surface area contributed by atoms with Crippen LogP contribution in [0.1, 0.15) is 35.3 Å². The van der Waals surface area contributed by atoms with Gasteiger partial charge in [0.25, 0.3) is 0 Å². The van der Waals surface area contributed by atoms with E-state index in [1.807, 2.05) is 6.92 Å². The molecule has 0 aliphatic carbocycles. The first-order valence-electron chi connectivity index (χ1n) is 8.80. The summed E-state index contributed by atoms with van der Waals surface area (Å²) in [5.41, 5.74) is 1.14. The average molecular weight is 334 g/mol. The fourth-order valence-corrected chi connectivity index (χ4v) is 3.05. The lowest BCUT2D eigenvalue weighted by Crippen LogP contribution is -2.38. The van der Waals surface area contributed by atoms with E-state index >= 15 is 0 Å². The molecule has 7 nitrogen and oxygen atoms in total. The smallest absolute Gasteiger partial charge is 0.357 e. The van der Waals surface area contributed by atoms with E-state index in [1.165, 1.54) is 6.42 Å². The van der Waals surface area contributed by atoms with Crippen LogP contribution in [0.5, 0.6) is 0 Å². The highest BCUT2D eigenvalue weighted by molar-refractivity contribution is 5.89. The van der Waals surface area contributed by atoms with E-state index in [0.717, 1.165) is 64.3 Å². The van der Waals surface area contributed by atoms with E-state index in [0.29, 0.717) is 18.2 Å². The number of nitrogens with zero attached hydrogens (tertiary/aromatic N) is 4. The van der Waals surface area contributed by atoms with E-state index in [2.05, 4.69) is 19.8 Å². The number of ether oxygens (including phenoxy) is 2. The minimum atomic E-state index is -0.360. The number of hydrogen-bond acceptors (Lipinski definition) is 7. The Balaban J connectivity index is 1.56. The molecule has 0 bridgehead atoms. The molecule has 2 aliphatic rings. The van der Waals surface area contributed by atoms with Gasteiger partial charge in [0.15, 0.2) is 5.69 Å². The molecule has 0 unspecified atom stereocenters. The first kappa shape index (κ1) is 17.1. The van der Waals surface area contributed by atoms with Crippen molar-refractivity contribution in [3.8, 4) is 0 Å². The minimum Gasteiger partial charge on any atom is -0.460 e. The van der Waals surface area contributed by atoms with Gasteiger partial charge in [-0.2, -0.15) is 0 Å². The third-order valence-corrected chi connectivity index (χ3v) is 4.54. The second kappa shape index (κ2) is 8.39. The predicted octanol–water partition coefficient (Wildman–Crippen LogP) is 1.26. The van der Waals surface area contributed by atoms with Gasteiger partial charge in [-0.25, -0.2) is 14.8 Å². The number of aromatic nitrogens is 2. The quantitative estimate of drug-likeness (QED) is 0.751. The van der Waals surface area contributed by atoms with Crippen LogP contribution in [0.3, 0.4) is 0 Å². The van der Waals surface area contributed by atoms with Gasteiger partial charge in [0.05, 0.1) is 13.2 Å². The van der Waals surface area contributed by atoms with Gasteiger partial charge < -0.3 is 14.4 Å². The molecule has 24 heavy (non-hydrogen) atoms. The number of hydrogen-bond donors (Lipinski definition) is 0. The Bertz CT molecular complexity index is 555. The summed E-state index contributed by atoms with van der Waals surface area (Å²) in [5, 5.41) is 0. The van der Waals surface area contributed by atoms with Gasteiger partial charge in [-0.05, 0) is 26.2 Å². The van der Waals surface area contributed by atoms with Crippen molar-refractivity contribution in [2.24, 2.45) is 0 Å². The Kier molecular flexibility index (Phi) is 5.98. The monoisotopic (exact) mass is 334 g/mol. The predicted molar refractivity (Wildman–Crippen MR) is 90.4 cm³/mol. The van der Waals surface area contributed by atoms with Gasteiger partial charge in [0, 0.05) is 44.5 Å². The normalized spacial score (nSPS) is 19.3. The molecule has 0 saturated carbocycles. The molecule has 2 fully saturated rings. The number of esters is 1. The van der Waals surface area contributed by atoms with Crippen molar-refractivity contribution in [2.45, 2.75) is 26.2 Å². The maximum absolute atomic E-state index is 12.4. The van der Waals surface area contributed by atoms with Gasteiger partial charge in [-0.15, -0.1) is 0 Å². The summed E-state index contributed by atoms with van der Waals surface area (Å²) in [6.45, 7) is 8.14. The summed E-state index contributed by atoms with van der Waals surface area (Å²) < 4.78 is 10.7. The number of rotatable bonds is 5. The van der Waals surface area contributed by atoms with Crippen LogP contribution in [0.25, 0.3) is 0 Å². The molecule has 0 radical (unpaired) electrons. The van der Waals surface area contributed by atoms with Crippen molar-refractivity contribution in [1.82, 2.24) is 14.9 Å². The fraction of sp³-hybridized carbons (Fsp3) is 0.706. The van der Waals surface area contributed by atoms with E-state index in [9.17, 15) is 4.79 Å². The molecule has 7 heteroatoms. The lowest BCUT2D eigenvalue weighted by Gasteiger charge is -2.27. The molecule has 132 valence electrons. The third kappa shape index (κ3) is 4.42. The fourth-order valence-electron chi connectivity index (χ4n) is 3.05. The number of aryl methyl sites for hydroxylation is 1. The number of carbonyl (C=O) groups excluding carboxylic acids is 1. The van der Waals surface area contributed by atoms with Crippen LogP contribution >= 0.6 is 0 Å². The zero-order valence-corrected chi connectivity index (χ0v) is 14.4. The molecule has 2 aliphatic heterocycles. The SMILES string of the molecule is Cc1cnc(N2CCCCC2)nc1C(=O)OCCN1CCOCC1. The summed E-state index contributed by atoms with van der Waals surface area (Å²) in [7, 11) is 0. The molecule has 0 spiro atoms. The molecule has 1 aromatic heterocycles. The molecule has 3 heterocycles. The van der Waals surface area contributed by atoms with E-state index in [-0.39, 0.29) is 5.97 Å². The van der Waals surface area contributed by atoms with Crippen molar-refractivity contribution in [3.63, 3.8) is 0 Å². The number of carbonyl (C=O) groups is 1. The highest BCUT2D eigenvalue weighted by Crippen LogP contribution is 2.17. The zero-order chi connectivity index (χ0) is 16.8. The lowest BCUT2D eigenvalue weighted by atomic mass is 10.1. The van der Waals surface area contributed by atoms with E-state index < -0.39 is 0 Å². The zero-order valence-electron chi connectivity index (χ0n) is 14.4. The average Bonchev–Trinajstić information content (AvgIpc) is 2.63. The summed E-state index contributed by atoms with van der Waals surface area (Å²) in [4.78, 5) is 25.6. The second-order valence-corrected chi connectivity index (χ2v) is 6.34. The maximum Gasteiger partial charge on any atom is 0.357 e. The molecule has 1 aromatic rings. The van der Waals surface area contributed by atoms with Crippen LogP contribution in [0.2, 0.25) is 0 Å². The van der Waals surface area contributed by atoms with Crippen molar-refractivity contribution in [3.05, 3.63) is 17.5 Å². The van der Waals surface area contributed by atoms with Crippen molar-refractivity contribution < 1.29 is 14.3 Å². The van der Waals surface area contributed by atoms with Gasteiger partial charge in [0.1, 0.15) is 6.61 Å². The molecule has 3 rings (SSSR count). The van der Waals surface area contributed by atoms with Crippen molar-refractivity contribution >= 4 is 11.9 Å². The van der Waals surface area contributed by atoms with Crippen LogP contribution in [-0.4, -0.2) is 73.4 Å². The van der Waals surface area contributed by atoms with E-state index in [4.69, 9.17) is 9.47 Å². The number of morpholine rings is 1. The summed E-state index contributed by atoms with van der Waals surface area (Å²) in [5.74, 6) is 0.279. The largest absolute Gasteiger partial charge is 0.460 e. The van der Waals surface area contributed by atoms with Gasteiger partial charge in [-0.3, -0.25) is 4.90 Å². The van der Waals surface area contributed by atoms with Crippen LogP contribution < -0.4 is 4.90 Å². The van der Waals surface area contributed by atoms with Crippen molar-refractivity contribution in [1.29, 1.82) is 0 Å². The molecular weight excluding hydrogens is 308 g/mol. The Hall–Kier alpha value is -1.73. The number of piperidine rings is 1. The maximum atomic E-state index is 12.4. The molecule has 2 saturated heterocycles. The Labute approximate surface area is 143 Å². The topological polar surface area (TPSA) is 67.8 Å². The Morgan fingerprint density at radius 3 is 2.71 bits per heavy atom. The van der Waals surface area contributed by atoms with Crippen LogP contribution in [-0.2, 0) is 9.47 Å². The van der Waals surface area contributed by atoms with Gasteiger partial charge in [0.2, 0.25) is 5.95 Å². The van der Waals surface area contributed by atoms with Crippen molar-refractivity contribution in [2.75, 3.05) is 57.4 Å². The van der Waals surface area contributed by atoms with E-state index in [1.54, 1.807) is 6.20 Å². The third-order valence-electron chi connectivity index (χ3n) is 4.54. The summed E-state index contributed by atoms with van der Waals surface area (Å²) >= 11 is 0. The Morgan fingerprint density at radius 1 is 1.21 bits per heavy atom. The highest BCUT2D eigenvalue weighted by Gasteiger charge is 2.19. The number of anilines is 1. The molecule has 0 amide bonds. The standard InChI is InChI=1S/C17H26N4O3/c1-14-13-18-17(21-5-3-2-4-6-21)19-15(14)16(22)24-12-9-20-7-10-23-11-8-20/h13H,2-12H2,1H3. The van der Waals surface area contributed by atoms with Gasteiger partial charge in [-0.1, -0.05) is 0 Å². The summed E-state index contributed by atoms with van der Waals surface area (Å²) in [6, 6.07) is 0. The first-order valence-corrected chi connectivity index (χ1v) is 8.80. The minimum absolute atomic E-state index is 0.360. The molecule has 0 N–H and O–H groups in total. The van der Waals surface area contributed by atoms with Crippen LogP contribution in [0.15, 0.2) is 6.20 Å². The van der Waals surface area contributed by atoms with Crippen LogP contribution in [0.4, 0.5) is 5.95 Å². The van der Waals surface area contributed by atoms with Crippen LogP contribution in [0, 0.1) is 6.92 Å². The first-order chi connectivity index (χ1) is 11.7. The molecular formula is C17H26N4O3. The van der Waals surface area contributed by atoms with Gasteiger partial charge >= 0.3 is 5.97 Å². The Morgan fingerprint density at radius 2 is 1.96 bits per heavy atom. The lowest BCUT2D eigenvalue weighted by molar-refractivity contribution is 0.0192.